The van der Waals surface area contributed by atoms with Crippen LogP contribution in [0.2, 0.25) is 0 Å². The molecule has 0 atom stereocenters. The molecule has 2 aromatic carbocycles. The average Bonchev–Trinajstić information content (AvgIpc) is 2.59. The summed E-state index contributed by atoms with van der Waals surface area (Å²) in [5.74, 6) is -0.0165. The van der Waals surface area contributed by atoms with Crippen LogP contribution in [-0.2, 0) is 16.7 Å². The van der Waals surface area contributed by atoms with E-state index in [0.717, 1.165) is 6.26 Å². The number of nitro benzene ring substituents is 1. The van der Waals surface area contributed by atoms with Crippen LogP contribution in [0.15, 0.2) is 48.5 Å². The Morgan fingerprint density at radius 1 is 1.18 bits per heavy atom. The van der Waals surface area contributed by atoms with Gasteiger partial charge in [0.1, 0.15) is 5.75 Å². The van der Waals surface area contributed by atoms with Crippen LogP contribution in [0.4, 0.5) is 5.69 Å². The molecule has 0 N–H and O–H groups in total. The Morgan fingerprint density at radius 3 is 2.46 bits per heavy atom. The van der Waals surface area contributed by atoms with E-state index in [0.29, 0.717) is 12.1 Å². The van der Waals surface area contributed by atoms with Gasteiger partial charge in [-0.3, -0.25) is 14.9 Å². The maximum Gasteiger partial charge on any atom is 0.306 e. The number of carbonyl (C=O) groups excluding carboxylic acids is 1. The molecule has 0 aromatic heterocycles. The van der Waals surface area contributed by atoms with Crippen molar-refractivity contribution in [3.63, 3.8) is 0 Å². The van der Waals surface area contributed by atoms with Gasteiger partial charge in [0.2, 0.25) is 0 Å². The second kappa shape index (κ2) is 8.83. The average molecular weight is 406 g/mol. The van der Waals surface area contributed by atoms with Crippen molar-refractivity contribution in [3.8, 4) is 5.75 Å². The van der Waals surface area contributed by atoms with Crippen molar-refractivity contribution < 1.29 is 22.3 Å². The Kier molecular flexibility index (Phi) is 6.74. The van der Waals surface area contributed by atoms with Crippen LogP contribution >= 0.6 is 0 Å². The number of benzene rings is 2. The lowest BCUT2D eigenvalue weighted by Gasteiger charge is -2.25. The first-order valence-corrected chi connectivity index (χ1v) is 10.4. The van der Waals surface area contributed by atoms with E-state index < -0.39 is 15.0 Å². The van der Waals surface area contributed by atoms with Gasteiger partial charge in [-0.2, -0.15) is 8.42 Å². The van der Waals surface area contributed by atoms with Gasteiger partial charge in [0.05, 0.1) is 11.2 Å². The van der Waals surface area contributed by atoms with Crippen LogP contribution in [0.25, 0.3) is 0 Å². The van der Waals surface area contributed by atoms with Crippen molar-refractivity contribution in [2.75, 3.05) is 12.8 Å². The van der Waals surface area contributed by atoms with Crippen molar-refractivity contribution in [2.24, 2.45) is 5.92 Å². The summed E-state index contributed by atoms with van der Waals surface area (Å²) in [7, 11) is -3.66. The molecule has 0 aliphatic carbocycles. The van der Waals surface area contributed by atoms with Gasteiger partial charge in [0.25, 0.3) is 11.6 Å². The summed E-state index contributed by atoms with van der Waals surface area (Å²) in [4.78, 5) is 25.0. The molecule has 0 bridgehead atoms. The normalized spacial score (nSPS) is 11.3. The third-order valence-electron chi connectivity index (χ3n) is 3.70. The highest BCUT2D eigenvalue weighted by molar-refractivity contribution is 7.86. The van der Waals surface area contributed by atoms with E-state index in [1.54, 1.807) is 23.1 Å². The van der Waals surface area contributed by atoms with Crippen LogP contribution in [0.3, 0.4) is 0 Å². The van der Waals surface area contributed by atoms with Gasteiger partial charge in [-0.25, -0.2) is 0 Å². The predicted octanol–water partition coefficient (Wildman–Crippen LogP) is 3.23. The summed E-state index contributed by atoms with van der Waals surface area (Å²) >= 11 is 0. The molecule has 150 valence electrons. The number of nitro groups is 1. The number of non-ortho nitro benzene ring substituents is 1. The Hall–Kier alpha value is -2.94. The first-order chi connectivity index (χ1) is 13.0. The van der Waals surface area contributed by atoms with E-state index in [1.165, 1.54) is 30.3 Å². The van der Waals surface area contributed by atoms with Crippen LogP contribution in [0, 0.1) is 16.0 Å². The van der Waals surface area contributed by atoms with E-state index in [2.05, 4.69) is 0 Å². The molecule has 0 spiro atoms. The zero-order chi connectivity index (χ0) is 20.9. The molecule has 0 unspecified atom stereocenters. The van der Waals surface area contributed by atoms with E-state index in [9.17, 15) is 23.3 Å². The Balaban J connectivity index is 2.29. The molecule has 1 amide bonds. The SMILES string of the molecule is CC(C)CN(Cc1cccc(OS(C)(=O)=O)c1)C(=O)c1cccc([N+](=O)[O-])c1. The lowest BCUT2D eigenvalue weighted by molar-refractivity contribution is -0.384. The summed E-state index contributed by atoms with van der Waals surface area (Å²) in [6, 6.07) is 12.0. The molecule has 9 heteroatoms. The van der Waals surface area contributed by atoms with Crippen LogP contribution in [0.5, 0.6) is 5.75 Å². The Bertz CT molecular complexity index is 972. The number of carbonyl (C=O) groups is 1. The quantitative estimate of drug-likeness (QED) is 0.378. The molecule has 0 aliphatic rings. The number of nitrogens with zero attached hydrogens (tertiary/aromatic N) is 2. The minimum absolute atomic E-state index is 0.154. The van der Waals surface area contributed by atoms with Crippen molar-refractivity contribution in [1.82, 2.24) is 4.90 Å². The topological polar surface area (TPSA) is 107 Å². The van der Waals surface area contributed by atoms with E-state index in [-0.39, 0.29) is 35.4 Å². The van der Waals surface area contributed by atoms with Gasteiger partial charge in [-0.15, -0.1) is 0 Å². The number of hydrogen-bond acceptors (Lipinski definition) is 6. The highest BCUT2D eigenvalue weighted by atomic mass is 32.2. The Labute approximate surface area is 164 Å². The third kappa shape index (κ3) is 6.34. The smallest absolute Gasteiger partial charge is 0.306 e. The maximum atomic E-state index is 12.9. The van der Waals surface area contributed by atoms with Gasteiger partial charge in [-0.1, -0.05) is 32.0 Å². The van der Waals surface area contributed by atoms with Crippen molar-refractivity contribution in [3.05, 3.63) is 69.8 Å². The molecule has 0 aliphatic heterocycles. The van der Waals surface area contributed by atoms with Gasteiger partial charge in [0, 0.05) is 30.8 Å². The van der Waals surface area contributed by atoms with Gasteiger partial charge < -0.3 is 9.08 Å². The first-order valence-electron chi connectivity index (χ1n) is 8.57. The van der Waals surface area contributed by atoms with Crippen molar-refractivity contribution in [1.29, 1.82) is 0 Å². The zero-order valence-electron chi connectivity index (χ0n) is 15.9. The molecule has 8 nitrogen and oxygen atoms in total. The van der Waals surface area contributed by atoms with Crippen LogP contribution < -0.4 is 4.18 Å². The second-order valence-electron chi connectivity index (χ2n) is 6.82. The monoisotopic (exact) mass is 406 g/mol. The zero-order valence-corrected chi connectivity index (χ0v) is 16.7. The predicted molar refractivity (Wildman–Crippen MR) is 105 cm³/mol. The lowest BCUT2D eigenvalue weighted by atomic mass is 10.1. The summed E-state index contributed by atoms with van der Waals surface area (Å²) in [6.07, 6.45) is 0.955. The molecule has 28 heavy (non-hydrogen) atoms. The largest absolute Gasteiger partial charge is 0.383 e. The fourth-order valence-electron chi connectivity index (χ4n) is 2.69. The Morgan fingerprint density at radius 2 is 1.86 bits per heavy atom. The fraction of sp³-hybridized carbons (Fsp3) is 0.316. The highest BCUT2D eigenvalue weighted by Crippen LogP contribution is 2.20. The molecule has 0 heterocycles. The van der Waals surface area contributed by atoms with Crippen LogP contribution in [0.1, 0.15) is 29.8 Å². The molecule has 2 rings (SSSR count). The van der Waals surface area contributed by atoms with Gasteiger partial charge in [0.15, 0.2) is 0 Å². The van der Waals surface area contributed by atoms with Gasteiger partial charge >= 0.3 is 10.1 Å². The highest BCUT2D eigenvalue weighted by Gasteiger charge is 2.20. The third-order valence-corrected chi connectivity index (χ3v) is 4.19. The second-order valence-corrected chi connectivity index (χ2v) is 8.40. The van der Waals surface area contributed by atoms with Crippen molar-refractivity contribution >= 4 is 21.7 Å². The lowest BCUT2D eigenvalue weighted by Crippen LogP contribution is -2.33. The molecule has 2 aromatic rings. The first kappa shape index (κ1) is 21.4. The fourth-order valence-corrected chi connectivity index (χ4v) is 3.14. The van der Waals surface area contributed by atoms with Gasteiger partial charge in [-0.05, 0) is 29.7 Å². The number of amides is 1. The summed E-state index contributed by atoms with van der Waals surface area (Å²) in [5.41, 5.74) is 0.748. The molecule has 0 fully saturated rings. The minimum atomic E-state index is -3.66. The maximum absolute atomic E-state index is 12.9. The number of rotatable bonds is 8. The molecule has 0 saturated heterocycles. The molecule has 0 saturated carbocycles. The minimum Gasteiger partial charge on any atom is -0.383 e. The standard InChI is InChI=1S/C19H22N2O6S/c1-14(2)12-20(19(22)16-7-5-8-17(11-16)21(23)24)13-15-6-4-9-18(10-15)27-28(3,25)26/h4-11,14H,12-13H2,1-3H3. The number of hydrogen-bond donors (Lipinski definition) is 0. The molecular weight excluding hydrogens is 384 g/mol. The molecular formula is C19H22N2O6S. The van der Waals surface area contributed by atoms with E-state index in [4.69, 9.17) is 4.18 Å². The van der Waals surface area contributed by atoms with E-state index in [1.807, 2.05) is 13.8 Å². The van der Waals surface area contributed by atoms with E-state index >= 15 is 0 Å². The van der Waals surface area contributed by atoms with Crippen LogP contribution in [-0.4, -0.2) is 36.9 Å². The summed E-state index contributed by atoms with van der Waals surface area (Å²) < 4.78 is 27.5. The van der Waals surface area contributed by atoms with Crippen molar-refractivity contribution in [2.45, 2.75) is 20.4 Å². The summed E-state index contributed by atoms with van der Waals surface area (Å²) in [6.45, 7) is 4.55. The summed E-state index contributed by atoms with van der Waals surface area (Å²) in [5, 5.41) is 11.0. The molecule has 0 radical (unpaired) electrons.